The molecule has 1 unspecified atom stereocenters. The number of carbonyl (C=O) groups excluding carboxylic acids is 2. The number of rotatable bonds is 6. The van der Waals surface area contributed by atoms with Crippen molar-refractivity contribution in [2.45, 2.75) is 50.8 Å². The van der Waals surface area contributed by atoms with Crippen LogP contribution in [0.1, 0.15) is 25.7 Å². The molecule has 8 nitrogen and oxygen atoms in total. The Morgan fingerprint density at radius 2 is 1.53 bits per heavy atom. The van der Waals surface area contributed by atoms with Gasteiger partial charge in [0.1, 0.15) is 12.2 Å². The molecule has 3 aromatic rings. The van der Waals surface area contributed by atoms with Crippen molar-refractivity contribution in [1.29, 1.82) is 0 Å². The van der Waals surface area contributed by atoms with Crippen LogP contribution in [0.25, 0.3) is 21.5 Å². The highest BCUT2D eigenvalue weighted by Gasteiger charge is 2.54. The zero-order chi connectivity index (χ0) is 25.2. The fourth-order valence-corrected chi connectivity index (χ4v) is 5.12. The van der Waals surface area contributed by atoms with Crippen LogP contribution in [0.5, 0.6) is 0 Å². The highest BCUT2D eigenvalue weighted by Crippen LogP contribution is 2.41. The highest BCUT2D eigenvalue weighted by atomic mass is 79.9. The van der Waals surface area contributed by atoms with Gasteiger partial charge in [-0.15, -0.1) is 0 Å². The monoisotopic (exact) mass is 558 g/mol. The van der Waals surface area contributed by atoms with Crippen molar-refractivity contribution >= 4 is 49.4 Å². The zero-order valence-corrected chi connectivity index (χ0v) is 21.5. The third-order valence-electron chi connectivity index (χ3n) is 6.30. The first-order valence-electron chi connectivity index (χ1n) is 11.8. The molecule has 36 heavy (non-hydrogen) atoms. The van der Waals surface area contributed by atoms with Crippen LogP contribution in [0.3, 0.4) is 0 Å². The van der Waals surface area contributed by atoms with Crippen molar-refractivity contribution in [3.05, 3.63) is 60.2 Å². The van der Waals surface area contributed by atoms with Crippen molar-refractivity contribution < 1.29 is 38.0 Å². The summed E-state index contributed by atoms with van der Waals surface area (Å²) < 4.78 is 35.8. The molecule has 0 N–H and O–H groups in total. The van der Waals surface area contributed by atoms with E-state index in [2.05, 4.69) is 22.0 Å². The molecule has 2 fully saturated rings. The molecule has 0 saturated carbocycles. The molecule has 0 spiro atoms. The number of fused-ring (bicyclic) bond motifs is 3. The van der Waals surface area contributed by atoms with Gasteiger partial charge in [-0.05, 0) is 27.6 Å². The van der Waals surface area contributed by atoms with Gasteiger partial charge in [0.05, 0.1) is 13.2 Å². The van der Waals surface area contributed by atoms with Crippen LogP contribution in [0.2, 0.25) is 0 Å². The first-order valence-corrected chi connectivity index (χ1v) is 12.9. The zero-order valence-electron chi connectivity index (χ0n) is 19.9. The van der Waals surface area contributed by atoms with Crippen LogP contribution in [0.15, 0.2) is 54.6 Å². The highest BCUT2D eigenvalue weighted by molar-refractivity contribution is 9.09. The average molecular weight is 559 g/mol. The normalized spacial score (nSPS) is 28.0. The number of ether oxygens (including phenoxy) is 6. The van der Waals surface area contributed by atoms with E-state index in [9.17, 15) is 9.59 Å². The SMILES string of the molecule is CC(=O)O[C@@H]1[C@@H](OC(C)=O)[C@H](OCCBr)O[C@@H]2COC(c3c4ccccc4cc4ccccc34)O[C@@H]12. The number of hydrogen-bond donors (Lipinski definition) is 0. The number of alkyl halides is 1. The lowest BCUT2D eigenvalue weighted by atomic mass is 9.94. The van der Waals surface area contributed by atoms with Gasteiger partial charge in [0, 0.05) is 24.7 Å². The molecule has 0 aromatic heterocycles. The molecule has 2 aliphatic heterocycles. The lowest BCUT2D eigenvalue weighted by molar-refractivity contribution is -0.361. The summed E-state index contributed by atoms with van der Waals surface area (Å²) in [7, 11) is 0. The second-order valence-electron chi connectivity index (χ2n) is 8.75. The number of benzene rings is 3. The molecule has 2 saturated heterocycles. The molecule has 0 amide bonds. The second kappa shape index (κ2) is 10.8. The van der Waals surface area contributed by atoms with Crippen LogP contribution in [0.4, 0.5) is 0 Å². The fourth-order valence-electron chi connectivity index (χ4n) is 4.93. The molecule has 5 rings (SSSR count). The largest absolute Gasteiger partial charge is 0.455 e. The smallest absolute Gasteiger partial charge is 0.303 e. The average Bonchev–Trinajstić information content (AvgIpc) is 2.87. The van der Waals surface area contributed by atoms with E-state index in [-0.39, 0.29) is 6.61 Å². The molecule has 2 aliphatic rings. The maximum Gasteiger partial charge on any atom is 0.303 e. The van der Waals surface area contributed by atoms with E-state index < -0.39 is 48.9 Å². The lowest BCUT2D eigenvalue weighted by Gasteiger charge is -2.48. The first-order chi connectivity index (χ1) is 17.5. The molecule has 0 radical (unpaired) electrons. The minimum absolute atomic E-state index is 0.172. The number of esters is 2. The standard InChI is InChI=1S/C27H27BrO8/c1-15(29)33-24-23-21(35-27(31-12-11-28)25(24)34-16(2)30)14-32-26(36-23)22-19-9-5-3-7-17(19)13-18-8-4-6-10-20(18)22/h3-10,13,21,23-27H,11-12,14H2,1-2H3/t21-,23-,24+,25-,26?,27-/m1/s1. The van der Waals surface area contributed by atoms with E-state index in [0.717, 1.165) is 27.1 Å². The summed E-state index contributed by atoms with van der Waals surface area (Å²) in [5.41, 5.74) is 0.880. The summed E-state index contributed by atoms with van der Waals surface area (Å²) in [5, 5.41) is 4.65. The number of hydrogen-bond acceptors (Lipinski definition) is 8. The maximum atomic E-state index is 12.1. The van der Waals surface area contributed by atoms with E-state index in [1.54, 1.807) is 0 Å². The number of halogens is 1. The molecule has 190 valence electrons. The van der Waals surface area contributed by atoms with E-state index >= 15 is 0 Å². The Balaban J connectivity index is 1.54. The minimum Gasteiger partial charge on any atom is -0.455 e. The molecular weight excluding hydrogens is 532 g/mol. The van der Waals surface area contributed by atoms with Gasteiger partial charge >= 0.3 is 11.9 Å². The van der Waals surface area contributed by atoms with E-state index in [1.165, 1.54) is 13.8 Å². The predicted octanol–water partition coefficient (Wildman–Crippen LogP) is 4.41. The predicted molar refractivity (Wildman–Crippen MR) is 135 cm³/mol. The summed E-state index contributed by atoms with van der Waals surface area (Å²) in [5.74, 6) is -1.07. The summed E-state index contributed by atoms with van der Waals surface area (Å²) >= 11 is 3.32. The van der Waals surface area contributed by atoms with E-state index in [4.69, 9.17) is 28.4 Å². The molecule has 3 aromatic carbocycles. The summed E-state index contributed by atoms with van der Waals surface area (Å²) in [6, 6.07) is 18.2. The molecule has 9 heteroatoms. The Morgan fingerprint density at radius 1 is 0.917 bits per heavy atom. The van der Waals surface area contributed by atoms with Gasteiger partial charge in [-0.25, -0.2) is 0 Å². The van der Waals surface area contributed by atoms with Crippen molar-refractivity contribution in [3.8, 4) is 0 Å². The van der Waals surface area contributed by atoms with Crippen LogP contribution in [0, 0.1) is 0 Å². The van der Waals surface area contributed by atoms with Crippen molar-refractivity contribution in [2.75, 3.05) is 18.5 Å². The van der Waals surface area contributed by atoms with Crippen LogP contribution < -0.4 is 0 Å². The van der Waals surface area contributed by atoms with Crippen molar-refractivity contribution in [2.24, 2.45) is 0 Å². The van der Waals surface area contributed by atoms with Gasteiger partial charge in [-0.1, -0.05) is 64.5 Å². The molecule has 0 aliphatic carbocycles. The third-order valence-corrected chi connectivity index (χ3v) is 6.62. The van der Waals surface area contributed by atoms with Gasteiger partial charge in [-0.2, -0.15) is 0 Å². The van der Waals surface area contributed by atoms with Crippen LogP contribution in [-0.4, -0.2) is 61.2 Å². The van der Waals surface area contributed by atoms with Gasteiger partial charge in [0.25, 0.3) is 0 Å². The Labute approximate surface area is 216 Å². The Bertz CT molecular complexity index is 1210. The van der Waals surface area contributed by atoms with Crippen molar-refractivity contribution in [1.82, 2.24) is 0 Å². The Morgan fingerprint density at radius 3 is 2.14 bits per heavy atom. The van der Waals surface area contributed by atoms with Gasteiger partial charge < -0.3 is 28.4 Å². The first kappa shape index (κ1) is 25.1. The summed E-state index contributed by atoms with van der Waals surface area (Å²) in [6.45, 7) is 3.07. The van der Waals surface area contributed by atoms with Crippen LogP contribution in [-0.2, 0) is 38.0 Å². The Hall–Kier alpha value is -2.56. The van der Waals surface area contributed by atoms with E-state index in [1.807, 2.05) is 48.5 Å². The van der Waals surface area contributed by atoms with Crippen LogP contribution >= 0.6 is 15.9 Å². The summed E-state index contributed by atoms with van der Waals surface area (Å²) in [6.07, 6.45) is -5.01. The maximum absolute atomic E-state index is 12.1. The van der Waals surface area contributed by atoms with Gasteiger partial charge in [0.2, 0.25) is 0 Å². The lowest BCUT2D eigenvalue weighted by Crippen LogP contribution is -2.64. The quantitative estimate of drug-likeness (QED) is 0.250. The van der Waals surface area contributed by atoms with E-state index in [0.29, 0.717) is 11.9 Å². The molecule has 0 bridgehead atoms. The number of carbonyl (C=O) groups is 2. The molecule has 6 atom stereocenters. The Kier molecular flexibility index (Phi) is 7.55. The molecule has 2 heterocycles. The third kappa shape index (κ3) is 4.99. The second-order valence-corrected chi connectivity index (χ2v) is 9.54. The molecular formula is C27H27BrO8. The van der Waals surface area contributed by atoms with Gasteiger partial charge in [-0.3, -0.25) is 9.59 Å². The van der Waals surface area contributed by atoms with Gasteiger partial charge in [0.15, 0.2) is 24.8 Å². The topological polar surface area (TPSA) is 89.5 Å². The van der Waals surface area contributed by atoms with Crippen molar-refractivity contribution in [3.63, 3.8) is 0 Å². The minimum atomic E-state index is -1.00. The summed E-state index contributed by atoms with van der Waals surface area (Å²) in [4.78, 5) is 24.1. The fraction of sp³-hybridized carbons (Fsp3) is 0.407.